The third kappa shape index (κ3) is 4.82. The maximum Gasteiger partial charge on any atom is 0.320 e. The van der Waals surface area contributed by atoms with E-state index in [-0.39, 0.29) is 5.92 Å². The van der Waals surface area contributed by atoms with Crippen LogP contribution >= 0.6 is 0 Å². The Balaban J connectivity index is 2.26. The van der Waals surface area contributed by atoms with E-state index in [1.165, 1.54) is 17.2 Å². The summed E-state index contributed by atoms with van der Waals surface area (Å²) < 4.78 is 10.8. The van der Waals surface area contributed by atoms with Gasteiger partial charge in [-0.3, -0.25) is 9.59 Å². The van der Waals surface area contributed by atoms with E-state index in [0.717, 1.165) is 0 Å². The van der Waals surface area contributed by atoms with Crippen LogP contribution in [0.2, 0.25) is 0 Å². The molecule has 0 aromatic rings. The zero-order valence-corrected chi connectivity index (χ0v) is 20.0. The Bertz CT molecular complexity index is 637. The zero-order chi connectivity index (χ0) is 23.3. The number of ether oxygens (including phenoxy) is 2. The molecule has 1 unspecified atom stereocenters. The Morgan fingerprint density at radius 1 is 0.767 bits per heavy atom. The molecule has 2 fully saturated rings. The van der Waals surface area contributed by atoms with Crippen LogP contribution in [-0.2, 0) is 19.1 Å². The van der Waals surface area contributed by atoms with E-state index < -0.39 is 46.1 Å². The van der Waals surface area contributed by atoms with Gasteiger partial charge in [-0.2, -0.15) is 10.1 Å². The molecule has 0 aliphatic carbocycles. The summed E-state index contributed by atoms with van der Waals surface area (Å²) in [5.41, 5.74) is -2.35. The molecule has 0 spiro atoms. The van der Waals surface area contributed by atoms with Crippen molar-refractivity contribution >= 4 is 11.9 Å². The van der Waals surface area contributed by atoms with Crippen molar-refractivity contribution in [3.8, 4) is 0 Å². The van der Waals surface area contributed by atoms with Crippen molar-refractivity contribution in [2.24, 2.45) is 11.8 Å². The highest BCUT2D eigenvalue weighted by molar-refractivity contribution is 5.95. The number of esters is 2. The Kier molecular flexibility index (Phi) is 6.71. The quantitative estimate of drug-likeness (QED) is 0.519. The van der Waals surface area contributed by atoms with Crippen LogP contribution in [0.15, 0.2) is 0 Å². The minimum Gasteiger partial charge on any atom is -0.468 e. The lowest BCUT2D eigenvalue weighted by atomic mass is 9.70. The SMILES string of the molecule is COC(=O)C(C(=O)OC1CC(C)(C)N(O)C(C)(C)C1)C1CC(C)(C)N(O)C(C)(C)C1. The fourth-order valence-electron chi connectivity index (χ4n) is 5.69. The van der Waals surface area contributed by atoms with Crippen molar-refractivity contribution in [3.05, 3.63) is 0 Å². The first kappa shape index (κ1) is 25.0. The normalized spacial score (nSPS) is 28.0. The number of piperidine rings is 2. The minimum absolute atomic E-state index is 0.322. The molecule has 2 aliphatic rings. The molecular weight excluding hydrogens is 388 g/mol. The average molecular weight is 429 g/mol. The third-order valence-corrected chi connectivity index (χ3v) is 6.73. The van der Waals surface area contributed by atoms with Crippen molar-refractivity contribution in [2.45, 2.75) is 109 Å². The summed E-state index contributed by atoms with van der Waals surface area (Å²) in [5, 5.41) is 23.7. The molecule has 0 radical (unpaired) electrons. The Hall–Kier alpha value is -1.22. The molecule has 2 heterocycles. The van der Waals surface area contributed by atoms with Gasteiger partial charge in [-0.25, -0.2) is 0 Å². The van der Waals surface area contributed by atoms with E-state index in [4.69, 9.17) is 9.47 Å². The van der Waals surface area contributed by atoms with Gasteiger partial charge in [0.1, 0.15) is 6.10 Å². The van der Waals surface area contributed by atoms with Gasteiger partial charge in [0.25, 0.3) is 0 Å². The summed E-state index contributed by atoms with van der Waals surface area (Å²) in [6, 6.07) is 0. The molecule has 0 aromatic carbocycles. The largest absolute Gasteiger partial charge is 0.468 e. The maximum absolute atomic E-state index is 13.2. The monoisotopic (exact) mass is 428 g/mol. The van der Waals surface area contributed by atoms with E-state index in [2.05, 4.69) is 0 Å². The Morgan fingerprint density at radius 3 is 1.50 bits per heavy atom. The summed E-state index contributed by atoms with van der Waals surface area (Å²) in [6.07, 6.45) is 1.40. The van der Waals surface area contributed by atoms with Gasteiger partial charge in [0.15, 0.2) is 5.92 Å². The fourth-order valence-corrected chi connectivity index (χ4v) is 5.69. The first-order valence-electron chi connectivity index (χ1n) is 10.7. The minimum atomic E-state index is -1.05. The summed E-state index contributed by atoms with van der Waals surface area (Å²) in [6.45, 7) is 15.2. The van der Waals surface area contributed by atoms with Crippen molar-refractivity contribution in [2.75, 3.05) is 7.11 Å². The van der Waals surface area contributed by atoms with Gasteiger partial charge >= 0.3 is 11.9 Å². The molecule has 8 heteroatoms. The molecule has 2 rings (SSSR count). The van der Waals surface area contributed by atoms with E-state index in [9.17, 15) is 20.0 Å². The van der Waals surface area contributed by atoms with E-state index in [0.29, 0.717) is 25.7 Å². The molecular formula is C22H40N2O6. The number of carbonyl (C=O) groups is 2. The highest BCUT2D eigenvalue weighted by Gasteiger charge is 2.52. The highest BCUT2D eigenvalue weighted by atomic mass is 16.6. The number of carbonyl (C=O) groups excluding carboxylic acids is 2. The van der Waals surface area contributed by atoms with Gasteiger partial charge in [0, 0.05) is 35.0 Å². The lowest BCUT2D eigenvalue weighted by molar-refractivity contribution is -0.262. The number of hydrogen-bond acceptors (Lipinski definition) is 8. The molecule has 174 valence electrons. The van der Waals surface area contributed by atoms with Crippen LogP contribution < -0.4 is 0 Å². The van der Waals surface area contributed by atoms with Gasteiger partial charge < -0.3 is 19.9 Å². The molecule has 0 saturated carbocycles. The van der Waals surface area contributed by atoms with E-state index >= 15 is 0 Å². The molecule has 2 N–H and O–H groups in total. The number of hydrogen-bond donors (Lipinski definition) is 2. The Labute approximate surface area is 180 Å². The van der Waals surface area contributed by atoms with Gasteiger partial charge in [-0.15, -0.1) is 0 Å². The van der Waals surface area contributed by atoms with Gasteiger partial charge in [0.05, 0.1) is 7.11 Å². The summed E-state index contributed by atoms with van der Waals surface area (Å²) in [7, 11) is 1.27. The second-order valence-corrected chi connectivity index (χ2v) is 11.5. The second-order valence-electron chi connectivity index (χ2n) is 11.5. The molecule has 8 nitrogen and oxygen atoms in total. The first-order chi connectivity index (χ1) is 13.4. The lowest BCUT2D eigenvalue weighted by Crippen LogP contribution is -2.62. The molecule has 2 aliphatic heterocycles. The van der Waals surface area contributed by atoms with Crippen molar-refractivity contribution in [1.82, 2.24) is 10.1 Å². The van der Waals surface area contributed by atoms with Crippen molar-refractivity contribution in [3.63, 3.8) is 0 Å². The molecule has 1 atom stereocenters. The number of nitrogens with zero attached hydrogens (tertiary/aromatic N) is 2. The fraction of sp³-hybridized carbons (Fsp3) is 0.909. The van der Waals surface area contributed by atoms with Crippen LogP contribution in [0, 0.1) is 11.8 Å². The zero-order valence-electron chi connectivity index (χ0n) is 20.0. The summed E-state index contributed by atoms with van der Waals surface area (Å²) in [5.74, 6) is -2.58. The van der Waals surface area contributed by atoms with E-state index in [1.807, 2.05) is 55.4 Å². The topological polar surface area (TPSA) is 99.5 Å². The number of rotatable bonds is 4. The van der Waals surface area contributed by atoms with Crippen molar-refractivity contribution < 1.29 is 29.5 Å². The molecule has 0 bridgehead atoms. The molecule has 30 heavy (non-hydrogen) atoms. The Morgan fingerprint density at radius 2 is 1.13 bits per heavy atom. The number of hydroxylamine groups is 4. The van der Waals surface area contributed by atoms with Crippen LogP contribution in [-0.4, -0.2) is 67.8 Å². The summed E-state index contributed by atoms with van der Waals surface area (Å²) >= 11 is 0. The lowest BCUT2D eigenvalue weighted by Gasteiger charge is -2.52. The van der Waals surface area contributed by atoms with E-state index in [1.54, 1.807) is 0 Å². The average Bonchev–Trinajstić information content (AvgIpc) is 2.56. The predicted molar refractivity (Wildman–Crippen MR) is 111 cm³/mol. The van der Waals surface area contributed by atoms with Crippen LogP contribution in [0.5, 0.6) is 0 Å². The molecule has 0 aromatic heterocycles. The predicted octanol–water partition coefficient (Wildman–Crippen LogP) is 3.39. The van der Waals surface area contributed by atoms with Crippen LogP contribution in [0.4, 0.5) is 0 Å². The smallest absolute Gasteiger partial charge is 0.320 e. The van der Waals surface area contributed by atoms with Gasteiger partial charge in [-0.1, -0.05) is 0 Å². The first-order valence-corrected chi connectivity index (χ1v) is 10.7. The van der Waals surface area contributed by atoms with Crippen LogP contribution in [0.1, 0.15) is 81.1 Å². The number of methoxy groups -OCH3 is 1. The van der Waals surface area contributed by atoms with Crippen molar-refractivity contribution in [1.29, 1.82) is 0 Å². The highest BCUT2D eigenvalue weighted by Crippen LogP contribution is 2.44. The third-order valence-electron chi connectivity index (χ3n) is 6.73. The second kappa shape index (κ2) is 8.04. The maximum atomic E-state index is 13.2. The van der Waals surface area contributed by atoms with Crippen LogP contribution in [0.3, 0.4) is 0 Å². The molecule has 0 amide bonds. The standard InChI is InChI=1S/C22H40N2O6/c1-19(2)10-14(11-20(3,4)23(19)27)16(17(25)29-9)18(26)30-15-12-21(5,6)24(28)22(7,8)13-15/h14-16,27-28H,10-13H2,1-9H3. The van der Waals surface area contributed by atoms with Gasteiger partial charge in [0.2, 0.25) is 0 Å². The molecule has 2 saturated heterocycles. The van der Waals surface area contributed by atoms with Crippen LogP contribution in [0.25, 0.3) is 0 Å². The summed E-state index contributed by atoms with van der Waals surface area (Å²) in [4.78, 5) is 25.9. The van der Waals surface area contributed by atoms with Gasteiger partial charge in [-0.05, 0) is 74.1 Å².